The molecule has 0 spiro atoms. The number of pyridine rings is 1. The highest BCUT2D eigenvalue weighted by atomic mass is 35.5. The van der Waals surface area contributed by atoms with Gasteiger partial charge in [-0.25, -0.2) is 4.98 Å². The molecular formula is C8H8Cl3NO2. The van der Waals surface area contributed by atoms with Gasteiger partial charge in [-0.2, -0.15) is 0 Å². The van der Waals surface area contributed by atoms with Crippen LogP contribution < -0.4 is 0 Å². The molecule has 0 saturated heterocycles. The highest BCUT2D eigenvalue weighted by molar-refractivity contribution is 6.41. The summed E-state index contributed by atoms with van der Waals surface area (Å²) in [7, 11) is 0. The fraction of sp³-hybridized carbons (Fsp3) is 0.375. The number of hydrogen-bond donors (Lipinski definition) is 2. The molecule has 0 aliphatic rings. The average molecular weight is 257 g/mol. The summed E-state index contributed by atoms with van der Waals surface area (Å²) in [4.78, 5) is 3.74. The van der Waals surface area contributed by atoms with Gasteiger partial charge in [-0.3, -0.25) is 0 Å². The van der Waals surface area contributed by atoms with Crippen molar-refractivity contribution >= 4 is 34.8 Å². The van der Waals surface area contributed by atoms with E-state index in [2.05, 4.69) is 4.98 Å². The van der Waals surface area contributed by atoms with Crippen LogP contribution in [0.2, 0.25) is 10.2 Å². The maximum Gasteiger partial charge on any atom is 0.147 e. The maximum atomic E-state index is 9.53. The van der Waals surface area contributed by atoms with Crippen LogP contribution in [0.5, 0.6) is 0 Å². The third-order valence-electron chi connectivity index (χ3n) is 1.68. The van der Waals surface area contributed by atoms with E-state index in [1.165, 1.54) is 12.3 Å². The summed E-state index contributed by atoms with van der Waals surface area (Å²) in [5, 5.41) is 19.2. The van der Waals surface area contributed by atoms with Crippen molar-refractivity contribution < 1.29 is 10.2 Å². The van der Waals surface area contributed by atoms with Crippen molar-refractivity contribution in [1.82, 2.24) is 4.98 Å². The number of nitrogens with zero attached hydrogens (tertiary/aromatic N) is 1. The van der Waals surface area contributed by atoms with E-state index >= 15 is 0 Å². The zero-order valence-corrected chi connectivity index (χ0v) is 9.26. The predicted octanol–water partition coefficient (Wildman–Crippen LogP) is 2.02. The lowest BCUT2D eigenvalue weighted by molar-refractivity contribution is 0.0325. The number of aromatic nitrogens is 1. The Kier molecular flexibility index (Phi) is 4.41. The lowest BCUT2D eigenvalue weighted by atomic mass is 10.1. The molecule has 3 nitrogen and oxygen atoms in total. The number of hydrogen-bond acceptors (Lipinski definition) is 3. The molecule has 0 bridgehead atoms. The Balaban J connectivity index is 2.91. The first-order valence-electron chi connectivity index (χ1n) is 3.79. The molecule has 2 unspecified atom stereocenters. The van der Waals surface area contributed by atoms with E-state index in [1.807, 2.05) is 0 Å². The van der Waals surface area contributed by atoms with Gasteiger partial charge in [0.05, 0.1) is 17.0 Å². The molecule has 0 aromatic carbocycles. The molecule has 1 rings (SSSR count). The van der Waals surface area contributed by atoms with E-state index in [9.17, 15) is 10.2 Å². The Bertz CT molecular complexity index is 321. The van der Waals surface area contributed by atoms with Crippen molar-refractivity contribution in [2.24, 2.45) is 0 Å². The van der Waals surface area contributed by atoms with Gasteiger partial charge in [0.2, 0.25) is 0 Å². The van der Waals surface area contributed by atoms with E-state index in [4.69, 9.17) is 34.8 Å². The molecule has 0 radical (unpaired) electrons. The average Bonchev–Trinajstić information content (AvgIpc) is 2.20. The molecule has 1 aromatic rings. The minimum Gasteiger partial charge on any atom is -0.389 e. The van der Waals surface area contributed by atoms with Crippen LogP contribution in [0.15, 0.2) is 12.3 Å². The van der Waals surface area contributed by atoms with Crippen LogP contribution in [0.4, 0.5) is 0 Å². The van der Waals surface area contributed by atoms with E-state index in [0.29, 0.717) is 5.56 Å². The van der Waals surface area contributed by atoms with Crippen LogP contribution in [0.1, 0.15) is 11.7 Å². The molecule has 0 saturated carbocycles. The van der Waals surface area contributed by atoms with Crippen molar-refractivity contribution in [2.75, 3.05) is 5.88 Å². The standard InChI is InChI=1S/C8H8Cl3NO2/c9-2-6(13)7(14)4-1-5(10)8(11)12-3-4/h1,3,6-7,13-14H,2H2. The number of alkyl halides is 1. The molecule has 0 aliphatic heterocycles. The monoisotopic (exact) mass is 255 g/mol. The van der Waals surface area contributed by atoms with Gasteiger partial charge in [-0.05, 0) is 6.07 Å². The summed E-state index contributed by atoms with van der Waals surface area (Å²) in [5.41, 5.74) is 0.382. The zero-order valence-electron chi connectivity index (χ0n) is 6.99. The summed E-state index contributed by atoms with van der Waals surface area (Å²) in [5.74, 6) is -0.0680. The molecule has 6 heteroatoms. The van der Waals surface area contributed by atoms with Gasteiger partial charge in [-0.1, -0.05) is 23.2 Å². The minimum atomic E-state index is -1.10. The summed E-state index contributed by atoms with van der Waals surface area (Å²) >= 11 is 16.6. The van der Waals surface area contributed by atoms with Gasteiger partial charge in [0.15, 0.2) is 0 Å². The number of rotatable bonds is 3. The third-order valence-corrected chi connectivity index (χ3v) is 2.68. The number of halogens is 3. The highest BCUT2D eigenvalue weighted by Crippen LogP contribution is 2.24. The molecule has 2 N–H and O–H groups in total. The Morgan fingerprint density at radius 2 is 2.00 bits per heavy atom. The van der Waals surface area contributed by atoms with Gasteiger partial charge in [0.25, 0.3) is 0 Å². The summed E-state index contributed by atoms with van der Waals surface area (Å²) in [6, 6.07) is 1.44. The van der Waals surface area contributed by atoms with Gasteiger partial charge in [0, 0.05) is 11.8 Å². The first-order valence-corrected chi connectivity index (χ1v) is 5.08. The fourth-order valence-corrected chi connectivity index (χ4v) is 1.35. The highest BCUT2D eigenvalue weighted by Gasteiger charge is 2.18. The van der Waals surface area contributed by atoms with Crippen LogP contribution in [-0.2, 0) is 0 Å². The van der Waals surface area contributed by atoms with Crippen molar-refractivity contribution in [3.63, 3.8) is 0 Å². The van der Waals surface area contributed by atoms with Gasteiger partial charge >= 0.3 is 0 Å². The van der Waals surface area contributed by atoms with Crippen molar-refractivity contribution in [2.45, 2.75) is 12.2 Å². The first kappa shape index (κ1) is 12.0. The Labute approximate surface area is 96.2 Å². The number of aliphatic hydroxyl groups excluding tert-OH is 2. The van der Waals surface area contributed by atoms with Crippen LogP contribution in [0.25, 0.3) is 0 Å². The van der Waals surface area contributed by atoms with Crippen LogP contribution in [0.3, 0.4) is 0 Å². The molecule has 14 heavy (non-hydrogen) atoms. The van der Waals surface area contributed by atoms with Crippen LogP contribution in [-0.4, -0.2) is 27.2 Å². The van der Waals surface area contributed by atoms with Gasteiger partial charge < -0.3 is 10.2 Å². The lowest BCUT2D eigenvalue weighted by Gasteiger charge is -2.15. The first-order chi connectivity index (χ1) is 6.56. The summed E-state index contributed by atoms with van der Waals surface area (Å²) in [6.45, 7) is 0. The van der Waals surface area contributed by atoms with Crippen LogP contribution in [0, 0.1) is 0 Å². The van der Waals surface area contributed by atoms with Crippen molar-refractivity contribution in [3.8, 4) is 0 Å². The van der Waals surface area contributed by atoms with E-state index < -0.39 is 12.2 Å². The molecule has 2 atom stereocenters. The van der Waals surface area contributed by atoms with Crippen LogP contribution >= 0.6 is 34.8 Å². The smallest absolute Gasteiger partial charge is 0.147 e. The van der Waals surface area contributed by atoms with Crippen molar-refractivity contribution in [1.29, 1.82) is 0 Å². The van der Waals surface area contributed by atoms with Crippen molar-refractivity contribution in [3.05, 3.63) is 28.0 Å². The lowest BCUT2D eigenvalue weighted by Crippen LogP contribution is -2.19. The molecule has 1 heterocycles. The molecule has 0 aliphatic carbocycles. The summed E-state index contributed by atoms with van der Waals surface area (Å²) in [6.07, 6.45) is -0.806. The Hall–Kier alpha value is -0.0600. The molecular weight excluding hydrogens is 248 g/mol. The Morgan fingerprint density at radius 1 is 1.36 bits per heavy atom. The topological polar surface area (TPSA) is 53.4 Å². The third kappa shape index (κ3) is 2.72. The Morgan fingerprint density at radius 3 is 2.50 bits per heavy atom. The predicted molar refractivity (Wildman–Crippen MR) is 55.9 cm³/mol. The van der Waals surface area contributed by atoms with Gasteiger partial charge in [-0.15, -0.1) is 11.6 Å². The SMILES string of the molecule is OC(CCl)C(O)c1cnc(Cl)c(Cl)c1. The summed E-state index contributed by atoms with van der Waals surface area (Å²) < 4.78 is 0. The van der Waals surface area contributed by atoms with E-state index in [1.54, 1.807) is 0 Å². The number of aliphatic hydroxyl groups is 2. The second kappa shape index (κ2) is 5.14. The van der Waals surface area contributed by atoms with E-state index in [0.717, 1.165) is 0 Å². The molecule has 0 fully saturated rings. The minimum absolute atomic E-state index is 0.0680. The van der Waals surface area contributed by atoms with E-state index in [-0.39, 0.29) is 16.1 Å². The zero-order chi connectivity index (χ0) is 10.7. The maximum absolute atomic E-state index is 9.53. The second-order valence-electron chi connectivity index (χ2n) is 2.71. The molecule has 0 amide bonds. The largest absolute Gasteiger partial charge is 0.389 e. The fourth-order valence-electron chi connectivity index (χ4n) is 0.904. The molecule has 1 aromatic heterocycles. The molecule has 78 valence electrons. The quantitative estimate of drug-likeness (QED) is 0.643. The second-order valence-corrected chi connectivity index (χ2v) is 3.78. The van der Waals surface area contributed by atoms with Gasteiger partial charge in [0.1, 0.15) is 11.3 Å². The normalized spacial score (nSPS) is 15.2.